The summed E-state index contributed by atoms with van der Waals surface area (Å²) in [5, 5.41) is 0. The van der Waals surface area contributed by atoms with Crippen LogP contribution in [0.25, 0.3) is 6.08 Å². The molecule has 2 fully saturated rings. The second-order valence-electron chi connectivity index (χ2n) is 6.98. The van der Waals surface area contributed by atoms with Gasteiger partial charge >= 0.3 is 0 Å². The molecule has 1 heteroatoms. The molecule has 3 rings (SSSR count). The molecule has 0 amide bonds. The second kappa shape index (κ2) is 3.82. The standard InChI is InChI=1S/C18H22O/c1-12-5-7-13(8-6-12)11-15-16(19)14-9-10-18(15,4)17(14,2)3/h5-8,11,14H,9-10H2,1-4H3/b15-11+/t14-,18+/m0/s1. The van der Waals surface area contributed by atoms with Crippen molar-refractivity contribution in [2.45, 2.75) is 40.5 Å². The van der Waals surface area contributed by atoms with Gasteiger partial charge < -0.3 is 0 Å². The molecule has 0 aliphatic heterocycles. The van der Waals surface area contributed by atoms with Crippen molar-refractivity contribution >= 4 is 11.9 Å². The van der Waals surface area contributed by atoms with Crippen LogP contribution in [-0.4, -0.2) is 5.78 Å². The smallest absolute Gasteiger partial charge is 0.163 e. The van der Waals surface area contributed by atoms with Gasteiger partial charge in [-0.1, -0.05) is 50.6 Å². The first-order valence-electron chi connectivity index (χ1n) is 7.19. The van der Waals surface area contributed by atoms with Gasteiger partial charge in [0.25, 0.3) is 0 Å². The third-order valence-electron chi connectivity index (χ3n) is 5.79. The summed E-state index contributed by atoms with van der Waals surface area (Å²) in [7, 11) is 0. The van der Waals surface area contributed by atoms with Gasteiger partial charge in [-0.2, -0.15) is 0 Å². The maximum absolute atomic E-state index is 12.6. The SMILES string of the molecule is Cc1ccc(/C=C2\C(=O)[C@@H]3CC[C@@]2(C)C3(C)C)cc1. The fourth-order valence-corrected chi connectivity index (χ4v) is 3.96. The van der Waals surface area contributed by atoms with Crippen molar-refractivity contribution in [1.29, 1.82) is 0 Å². The van der Waals surface area contributed by atoms with Gasteiger partial charge in [-0.05, 0) is 36.8 Å². The fraction of sp³-hybridized carbons (Fsp3) is 0.500. The zero-order valence-corrected chi connectivity index (χ0v) is 12.3. The van der Waals surface area contributed by atoms with E-state index in [1.165, 1.54) is 5.56 Å². The van der Waals surface area contributed by atoms with Crippen molar-refractivity contribution in [3.05, 3.63) is 41.0 Å². The number of hydrogen-bond donors (Lipinski definition) is 0. The monoisotopic (exact) mass is 254 g/mol. The van der Waals surface area contributed by atoms with Crippen molar-refractivity contribution < 1.29 is 4.79 Å². The van der Waals surface area contributed by atoms with E-state index in [9.17, 15) is 4.79 Å². The zero-order chi connectivity index (χ0) is 13.8. The minimum atomic E-state index is 0.0552. The maximum atomic E-state index is 12.6. The lowest BCUT2D eigenvalue weighted by Gasteiger charge is -2.34. The number of aryl methyl sites for hydroxylation is 1. The molecular weight excluding hydrogens is 232 g/mol. The fourth-order valence-electron chi connectivity index (χ4n) is 3.96. The largest absolute Gasteiger partial charge is 0.294 e. The van der Waals surface area contributed by atoms with E-state index >= 15 is 0 Å². The molecule has 2 aliphatic carbocycles. The molecule has 1 aromatic rings. The summed E-state index contributed by atoms with van der Waals surface area (Å²) in [5.41, 5.74) is 3.63. The lowest BCUT2D eigenvalue weighted by molar-refractivity contribution is -0.119. The molecule has 2 atom stereocenters. The van der Waals surface area contributed by atoms with Crippen LogP contribution < -0.4 is 0 Å². The third-order valence-corrected chi connectivity index (χ3v) is 5.79. The summed E-state index contributed by atoms with van der Waals surface area (Å²) in [5.74, 6) is 0.619. The second-order valence-corrected chi connectivity index (χ2v) is 6.98. The highest BCUT2D eigenvalue weighted by atomic mass is 16.1. The van der Waals surface area contributed by atoms with E-state index in [0.29, 0.717) is 5.78 Å². The molecule has 100 valence electrons. The Bertz CT molecular complexity index is 562. The number of carbonyl (C=O) groups excluding carboxylic acids is 1. The average molecular weight is 254 g/mol. The number of rotatable bonds is 1. The van der Waals surface area contributed by atoms with Gasteiger partial charge in [0.05, 0.1) is 0 Å². The van der Waals surface area contributed by atoms with Crippen molar-refractivity contribution in [1.82, 2.24) is 0 Å². The Balaban J connectivity index is 2.07. The van der Waals surface area contributed by atoms with Crippen molar-refractivity contribution in [2.75, 3.05) is 0 Å². The predicted octanol–water partition coefficient (Wildman–Crippen LogP) is 4.40. The lowest BCUT2D eigenvalue weighted by atomic mass is 9.69. The Morgan fingerprint density at radius 2 is 1.79 bits per heavy atom. The number of Topliss-reactive ketones (excluding diaryl/α,β-unsaturated/α-hetero) is 1. The van der Waals surface area contributed by atoms with Crippen LogP contribution in [0.15, 0.2) is 29.8 Å². The Hall–Kier alpha value is -1.37. The molecular formula is C18H22O. The first-order chi connectivity index (χ1) is 8.86. The van der Waals surface area contributed by atoms with E-state index in [-0.39, 0.29) is 16.7 Å². The average Bonchev–Trinajstić information content (AvgIpc) is 2.66. The van der Waals surface area contributed by atoms with E-state index in [4.69, 9.17) is 0 Å². The summed E-state index contributed by atoms with van der Waals surface area (Å²) in [6, 6.07) is 8.44. The van der Waals surface area contributed by atoms with Gasteiger partial charge in [0.2, 0.25) is 0 Å². The lowest BCUT2D eigenvalue weighted by Crippen LogP contribution is -2.27. The summed E-state index contributed by atoms with van der Waals surface area (Å²) in [6.07, 6.45) is 4.34. The molecule has 0 heterocycles. The van der Waals surface area contributed by atoms with Crippen molar-refractivity contribution in [3.63, 3.8) is 0 Å². The number of hydrogen-bond acceptors (Lipinski definition) is 1. The molecule has 0 N–H and O–H groups in total. The summed E-state index contributed by atoms with van der Waals surface area (Å²) < 4.78 is 0. The number of benzene rings is 1. The quantitative estimate of drug-likeness (QED) is 0.679. The molecule has 19 heavy (non-hydrogen) atoms. The Kier molecular flexibility index (Phi) is 2.54. The molecule has 0 radical (unpaired) electrons. The minimum absolute atomic E-state index is 0.0552. The molecule has 0 saturated heterocycles. The molecule has 2 bridgehead atoms. The molecule has 0 aromatic heterocycles. The van der Waals surface area contributed by atoms with E-state index in [1.807, 2.05) is 0 Å². The van der Waals surface area contributed by atoms with Crippen LogP contribution in [0, 0.1) is 23.7 Å². The number of allylic oxidation sites excluding steroid dienone is 1. The van der Waals surface area contributed by atoms with Gasteiger partial charge in [0.15, 0.2) is 5.78 Å². The van der Waals surface area contributed by atoms with Crippen molar-refractivity contribution in [3.8, 4) is 0 Å². The highest BCUT2D eigenvalue weighted by molar-refractivity contribution is 6.06. The molecule has 0 spiro atoms. The van der Waals surface area contributed by atoms with E-state index < -0.39 is 0 Å². The topological polar surface area (TPSA) is 17.1 Å². The van der Waals surface area contributed by atoms with E-state index in [0.717, 1.165) is 24.0 Å². The van der Waals surface area contributed by atoms with Gasteiger partial charge in [-0.25, -0.2) is 0 Å². The normalized spacial score (nSPS) is 34.2. The van der Waals surface area contributed by atoms with Crippen LogP contribution >= 0.6 is 0 Å². The van der Waals surface area contributed by atoms with Gasteiger partial charge in [0, 0.05) is 16.9 Å². The van der Waals surface area contributed by atoms with Gasteiger partial charge in [-0.15, -0.1) is 0 Å². The van der Waals surface area contributed by atoms with Gasteiger partial charge in [0.1, 0.15) is 0 Å². The highest BCUT2D eigenvalue weighted by Gasteiger charge is 2.63. The molecule has 2 aliphatic rings. The van der Waals surface area contributed by atoms with Gasteiger partial charge in [-0.3, -0.25) is 4.79 Å². The minimum Gasteiger partial charge on any atom is -0.294 e. The maximum Gasteiger partial charge on any atom is 0.163 e. The van der Waals surface area contributed by atoms with Crippen LogP contribution in [-0.2, 0) is 4.79 Å². The molecule has 1 nitrogen and oxygen atoms in total. The molecule has 2 saturated carbocycles. The Morgan fingerprint density at radius 1 is 1.16 bits per heavy atom. The third kappa shape index (κ3) is 1.57. The Morgan fingerprint density at radius 3 is 2.32 bits per heavy atom. The highest BCUT2D eigenvalue weighted by Crippen LogP contribution is 2.66. The van der Waals surface area contributed by atoms with Crippen LogP contribution in [0.4, 0.5) is 0 Å². The summed E-state index contributed by atoms with van der Waals surface area (Å²) in [4.78, 5) is 12.6. The van der Waals surface area contributed by atoms with Crippen LogP contribution in [0.3, 0.4) is 0 Å². The van der Waals surface area contributed by atoms with E-state index in [1.54, 1.807) is 0 Å². The van der Waals surface area contributed by atoms with Crippen molar-refractivity contribution in [2.24, 2.45) is 16.7 Å². The first kappa shape index (κ1) is 12.7. The van der Waals surface area contributed by atoms with Crippen LogP contribution in [0.1, 0.15) is 44.7 Å². The van der Waals surface area contributed by atoms with Crippen LogP contribution in [0.5, 0.6) is 0 Å². The zero-order valence-electron chi connectivity index (χ0n) is 12.3. The summed E-state index contributed by atoms with van der Waals surface area (Å²) in [6.45, 7) is 8.89. The summed E-state index contributed by atoms with van der Waals surface area (Å²) >= 11 is 0. The first-order valence-corrected chi connectivity index (χ1v) is 7.19. The number of ketones is 1. The molecule has 0 unspecified atom stereocenters. The molecule has 1 aromatic carbocycles. The van der Waals surface area contributed by atoms with E-state index in [2.05, 4.69) is 58.0 Å². The Labute approximate surface area is 115 Å². The predicted molar refractivity (Wildman–Crippen MR) is 78.8 cm³/mol. The number of carbonyl (C=O) groups is 1. The number of fused-ring (bicyclic) bond motifs is 2. The van der Waals surface area contributed by atoms with Crippen LogP contribution in [0.2, 0.25) is 0 Å².